The maximum atomic E-state index is 13.0. The van der Waals surface area contributed by atoms with Crippen molar-refractivity contribution in [2.75, 3.05) is 6.54 Å². The lowest BCUT2D eigenvalue weighted by Gasteiger charge is -2.33. The largest absolute Gasteiger partial charge is 0.358 e. The van der Waals surface area contributed by atoms with Crippen LogP contribution < -0.4 is 5.43 Å². The first kappa shape index (κ1) is 16.3. The maximum Gasteiger partial charge on any atom is 0.194 e. The molecule has 1 aromatic heterocycles. The molecule has 0 unspecified atom stereocenters. The van der Waals surface area contributed by atoms with E-state index in [2.05, 4.69) is 22.9 Å². The molecule has 124 valence electrons. The summed E-state index contributed by atoms with van der Waals surface area (Å²) in [5.74, 6) is 0. The highest BCUT2D eigenvalue weighted by molar-refractivity contribution is 5.80. The predicted octanol–water partition coefficient (Wildman–Crippen LogP) is 4.30. The fourth-order valence-electron chi connectivity index (χ4n) is 3.90. The molecule has 0 aliphatic heterocycles. The Bertz CT molecular complexity index is 741. The topological polar surface area (TPSA) is 36.1 Å². The standard InChI is InChI=1S/C20H28N2O/c1-4-22(16-8-6-5-7-9-16)13-18-15(3)21-19-11-10-14(2)12-17(19)20(18)23/h10-12,16H,4-9,13H2,1-3H3,(H,21,23). The van der Waals surface area contributed by atoms with Gasteiger partial charge in [-0.15, -0.1) is 0 Å². The van der Waals surface area contributed by atoms with Crippen LogP contribution in [0.2, 0.25) is 0 Å². The highest BCUT2D eigenvalue weighted by atomic mass is 16.1. The van der Waals surface area contributed by atoms with Gasteiger partial charge in [0, 0.05) is 34.7 Å². The Morgan fingerprint density at radius 3 is 2.61 bits per heavy atom. The van der Waals surface area contributed by atoms with E-state index in [1.165, 1.54) is 32.1 Å². The summed E-state index contributed by atoms with van der Waals surface area (Å²) in [5, 5.41) is 0.824. The summed E-state index contributed by atoms with van der Waals surface area (Å²) in [5.41, 5.74) is 4.24. The summed E-state index contributed by atoms with van der Waals surface area (Å²) in [6.07, 6.45) is 6.57. The van der Waals surface area contributed by atoms with Crippen LogP contribution in [0.15, 0.2) is 23.0 Å². The third-order valence-corrected chi connectivity index (χ3v) is 5.33. The summed E-state index contributed by atoms with van der Waals surface area (Å²) in [6, 6.07) is 6.72. The molecule has 1 aromatic carbocycles. The molecule has 23 heavy (non-hydrogen) atoms. The second-order valence-corrected chi connectivity index (χ2v) is 6.96. The summed E-state index contributed by atoms with van der Waals surface area (Å²) in [6.45, 7) is 8.06. The number of fused-ring (bicyclic) bond motifs is 1. The molecule has 0 saturated heterocycles. The van der Waals surface area contributed by atoms with Crippen LogP contribution in [0.1, 0.15) is 55.8 Å². The molecule has 0 amide bonds. The van der Waals surface area contributed by atoms with Crippen LogP contribution in [0.3, 0.4) is 0 Å². The second kappa shape index (κ2) is 6.88. The molecule has 3 nitrogen and oxygen atoms in total. The van der Waals surface area contributed by atoms with Gasteiger partial charge in [0.1, 0.15) is 0 Å². The van der Waals surface area contributed by atoms with E-state index in [1.807, 2.05) is 26.0 Å². The lowest BCUT2D eigenvalue weighted by Crippen LogP contribution is -2.37. The Kier molecular flexibility index (Phi) is 4.86. The van der Waals surface area contributed by atoms with Crippen molar-refractivity contribution in [1.82, 2.24) is 9.88 Å². The van der Waals surface area contributed by atoms with E-state index >= 15 is 0 Å². The van der Waals surface area contributed by atoms with Gasteiger partial charge in [-0.25, -0.2) is 0 Å². The molecule has 2 aromatic rings. The van der Waals surface area contributed by atoms with Crippen LogP contribution >= 0.6 is 0 Å². The van der Waals surface area contributed by atoms with Gasteiger partial charge in [0.2, 0.25) is 0 Å². The van der Waals surface area contributed by atoms with Crippen molar-refractivity contribution in [3.8, 4) is 0 Å². The molecule has 0 atom stereocenters. The molecule has 1 heterocycles. The fourth-order valence-corrected chi connectivity index (χ4v) is 3.90. The second-order valence-electron chi connectivity index (χ2n) is 6.96. The van der Waals surface area contributed by atoms with Gasteiger partial charge in [-0.1, -0.05) is 37.8 Å². The van der Waals surface area contributed by atoms with Gasteiger partial charge in [-0.2, -0.15) is 0 Å². The SMILES string of the molecule is CCN(Cc1c(C)[nH]c2ccc(C)cc2c1=O)C1CCCCC1. The minimum atomic E-state index is 0.203. The van der Waals surface area contributed by atoms with E-state index in [0.29, 0.717) is 6.04 Å². The number of hydrogen-bond donors (Lipinski definition) is 1. The van der Waals surface area contributed by atoms with E-state index in [-0.39, 0.29) is 5.43 Å². The number of aromatic nitrogens is 1. The molecule has 3 heteroatoms. The molecule has 1 saturated carbocycles. The molecule has 0 spiro atoms. The van der Waals surface area contributed by atoms with Gasteiger partial charge in [0.25, 0.3) is 0 Å². The average molecular weight is 312 g/mol. The van der Waals surface area contributed by atoms with Gasteiger partial charge >= 0.3 is 0 Å². The van der Waals surface area contributed by atoms with Crippen molar-refractivity contribution in [2.24, 2.45) is 0 Å². The van der Waals surface area contributed by atoms with Crippen LogP contribution in [0, 0.1) is 13.8 Å². The molecule has 3 rings (SSSR count). The maximum absolute atomic E-state index is 13.0. The molecule has 0 bridgehead atoms. The average Bonchev–Trinajstić information content (AvgIpc) is 2.57. The first-order valence-corrected chi connectivity index (χ1v) is 8.96. The van der Waals surface area contributed by atoms with E-state index in [0.717, 1.165) is 40.8 Å². The number of aromatic amines is 1. The van der Waals surface area contributed by atoms with Crippen LogP contribution in [0.5, 0.6) is 0 Å². The Hall–Kier alpha value is -1.61. The highest BCUT2D eigenvalue weighted by Gasteiger charge is 2.22. The minimum absolute atomic E-state index is 0.203. The van der Waals surface area contributed by atoms with Crippen molar-refractivity contribution in [3.63, 3.8) is 0 Å². The number of pyridine rings is 1. The van der Waals surface area contributed by atoms with E-state index in [9.17, 15) is 4.79 Å². The van der Waals surface area contributed by atoms with E-state index in [4.69, 9.17) is 0 Å². The quantitative estimate of drug-likeness (QED) is 0.913. The lowest BCUT2D eigenvalue weighted by molar-refractivity contribution is 0.155. The third-order valence-electron chi connectivity index (χ3n) is 5.33. The summed E-state index contributed by atoms with van der Waals surface area (Å²) >= 11 is 0. The van der Waals surface area contributed by atoms with Crippen molar-refractivity contribution in [2.45, 2.75) is 65.5 Å². The fraction of sp³-hybridized carbons (Fsp3) is 0.550. The summed E-state index contributed by atoms with van der Waals surface area (Å²) in [4.78, 5) is 18.9. The number of aryl methyl sites for hydroxylation is 2. The zero-order chi connectivity index (χ0) is 16.4. The molecule has 1 fully saturated rings. The molecular weight excluding hydrogens is 284 g/mol. The van der Waals surface area contributed by atoms with Crippen molar-refractivity contribution in [1.29, 1.82) is 0 Å². The number of benzene rings is 1. The van der Waals surface area contributed by atoms with Crippen LogP contribution in [-0.4, -0.2) is 22.5 Å². The van der Waals surface area contributed by atoms with Crippen molar-refractivity contribution >= 4 is 10.9 Å². The zero-order valence-electron chi connectivity index (χ0n) is 14.6. The number of H-pyrrole nitrogens is 1. The summed E-state index contributed by atoms with van der Waals surface area (Å²) in [7, 11) is 0. The molecule has 1 aliphatic carbocycles. The number of hydrogen-bond acceptors (Lipinski definition) is 2. The molecular formula is C20H28N2O. The number of nitrogens with zero attached hydrogens (tertiary/aromatic N) is 1. The number of nitrogens with one attached hydrogen (secondary N) is 1. The monoisotopic (exact) mass is 312 g/mol. The van der Waals surface area contributed by atoms with Crippen LogP contribution in [0.25, 0.3) is 10.9 Å². The Balaban J connectivity index is 1.96. The molecule has 0 radical (unpaired) electrons. The van der Waals surface area contributed by atoms with Gasteiger partial charge in [-0.05, 0) is 45.4 Å². The Morgan fingerprint density at radius 1 is 1.17 bits per heavy atom. The number of rotatable bonds is 4. The van der Waals surface area contributed by atoms with E-state index < -0.39 is 0 Å². The van der Waals surface area contributed by atoms with Crippen LogP contribution in [0.4, 0.5) is 0 Å². The first-order valence-electron chi connectivity index (χ1n) is 8.96. The molecule has 1 N–H and O–H groups in total. The van der Waals surface area contributed by atoms with Gasteiger partial charge in [-0.3, -0.25) is 9.69 Å². The highest BCUT2D eigenvalue weighted by Crippen LogP contribution is 2.24. The zero-order valence-corrected chi connectivity index (χ0v) is 14.6. The minimum Gasteiger partial charge on any atom is -0.358 e. The normalized spacial score (nSPS) is 16.3. The first-order chi connectivity index (χ1) is 11.1. The predicted molar refractivity (Wildman–Crippen MR) is 97.0 cm³/mol. The van der Waals surface area contributed by atoms with Gasteiger partial charge in [0.05, 0.1) is 0 Å². The van der Waals surface area contributed by atoms with E-state index in [1.54, 1.807) is 0 Å². The lowest BCUT2D eigenvalue weighted by atomic mass is 9.93. The van der Waals surface area contributed by atoms with Crippen molar-refractivity contribution < 1.29 is 0 Å². The van der Waals surface area contributed by atoms with Crippen LogP contribution in [-0.2, 0) is 6.54 Å². The van der Waals surface area contributed by atoms with Crippen molar-refractivity contribution in [3.05, 3.63) is 45.2 Å². The van der Waals surface area contributed by atoms with Gasteiger partial charge in [0.15, 0.2) is 5.43 Å². The Morgan fingerprint density at radius 2 is 1.91 bits per heavy atom. The van der Waals surface area contributed by atoms with Gasteiger partial charge < -0.3 is 4.98 Å². The Labute approximate surface area is 138 Å². The third kappa shape index (κ3) is 3.35. The smallest absolute Gasteiger partial charge is 0.194 e. The summed E-state index contributed by atoms with van der Waals surface area (Å²) < 4.78 is 0. The molecule has 1 aliphatic rings.